The molecule has 0 unspecified atom stereocenters. The zero-order valence-corrected chi connectivity index (χ0v) is 16.9. The van der Waals surface area contributed by atoms with Crippen LogP contribution in [0.25, 0.3) is 0 Å². The molecule has 0 radical (unpaired) electrons. The third-order valence-electron chi connectivity index (χ3n) is 4.03. The molecule has 0 bridgehead atoms. The molecule has 8 N–H and O–H groups in total. The first-order valence-electron chi connectivity index (χ1n) is 8.84. The number of nitrogens with one attached hydrogen (secondary N) is 3. The summed E-state index contributed by atoms with van der Waals surface area (Å²) in [5, 5.41) is 16.9. The Morgan fingerprint density at radius 2 is 1.71 bits per heavy atom. The van der Waals surface area contributed by atoms with E-state index >= 15 is 0 Å². The summed E-state index contributed by atoms with van der Waals surface area (Å²) < 4.78 is 0. The van der Waals surface area contributed by atoms with Gasteiger partial charge in [0.05, 0.1) is 12.6 Å². The Morgan fingerprint density at radius 3 is 2.21 bits per heavy atom. The largest absolute Gasteiger partial charge is 0.392 e. The third-order valence-corrected chi connectivity index (χ3v) is 4.03. The lowest BCUT2D eigenvalue weighted by molar-refractivity contribution is -0.128. The molecule has 28 heavy (non-hydrogen) atoms. The highest BCUT2D eigenvalue weighted by Crippen LogP contribution is 2.11. The summed E-state index contributed by atoms with van der Waals surface area (Å²) in [6, 6.07) is 4.52. The van der Waals surface area contributed by atoms with Gasteiger partial charge in [-0.25, -0.2) is 4.79 Å². The van der Waals surface area contributed by atoms with Gasteiger partial charge in [-0.1, -0.05) is 26.0 Å². The van der Waals surface area contributed by atoms with E-state index in [0.29, 0.717) is 18.5 Å². The van der Waals surface area contributed by atoms with Gasteiger partial charge in [-0.05, 0) is 36.5 Å². The Labute approximate surface area is 171 Å². The summed E-state index contributed by atoms with van der Waals surface area (Å²) in [7, 11) is 0. The second kappa shape index (κ2) is 12.9. The number of carbonyl (C=O) groups is 3. The number of benzene rings is 1. The predicted molar refractivity (Wildman–Crippen MR) is 110 cm³/mol. The van der Waals surface area contributed by atoms with Crippen LogP contribution < -0.4 is 27.4 Å². The maximum Gasteiger partial charge on any atom is 0.312 e. The van der Waals surface area contributed by atoms with Crippen LogP contribution in [0.1, 0.15) is 32.3 Å². The molecule has 1 aromatic carbocycles. The number of aliphatic hydroxyl groups excluding tert-OH is 1. The fourth-order valence-corrected chi connectivity index (χ4v) is 2.28. The number of urea groups is 1. The van der Waals surface area contributed by atoms with Crippen molar-refractivity contribution in [3.05, 3.63) is 29.8 Å². The fourth-order valence-electron chi connectivity index (χ4n) is 2.28. The number of nitrogens with two attached hydrogens (primary N) is 2. The van der Waals surface area contributed by atoms with Crippen molar-refractivity contribution in [3.63, 3.8) is 0 Å². The van der Waals surface area contributed by atoms with E-state index in [-0.39, 0.29) is 31.5 Å². The van der Waals surface area contributed by atoms with Gasteiger partial charge in [-0.15, -0.1) is 12.4 Å². The van der Waals surface area contributed by atoms with Crippen LogP contribution in [0.2, 0.25) is 0 Å². The van der Waals surface area contributed by atoms with Crippen LogP contribution in [0.4, 0.5) is 10.5 Å². The van der Waals surface area contributed by atoms with Crippen LogP contribution in [-0.4, -0.2) is 41.6 Å². The molecule has 1 rings (SSSR count). The first kappa shape index (κ1) is 25.6. The molecule has 0 fully saturated rings. The zero-order chi connectivity index (χ0) is 20.4. The maximum atomic E-state index is 12.6. The van der Waals surface area contributed by atoms with Crippen molar-refractivity contribution < 1.29 is 19.5 Å². The van der Waals surface area contributed by atoms with E-state index in [1.165, 1.54) is 0 Å². The average Bonchev–Trinajstić information content (AvgIpc) is 2.63. The number of halogens is 1. The lowest BCUT2D eigenvalue weighted by Crippen LogP contribution is -2.51. The number of hydrogen-bond acceptors (Lipinski definition) is 5. The standard InChI is InChI=1S/C18H29N5O4.ClH/c1-11(2)15(19)17(26)23-14(4-3-9-21-18(20)27)16(25)22-13-7-5-12(10-24)6-8-13;/h5-8,11,14-15,24H,3-4,9-10,19H2,1-2H3,(H,22,25)(H,23,26)(H3,20,21,27);1H/t14-,15-;/m0./s1. The van der Waals surface area contributed by atoms with Crippen molar-refractivity contribution >= 4 is 35.9 Å². The van der Waals surface area contributed by atoms with E-state index in [1.54, 1.807) is 24.3 Å². The Kier molecular flexibility index (Phi) is 11.8. The number of anilines is 1. The van der Waals surface area contributed by atoms with Crippen LogP contribution in [0.15, 0.2) is 24.3 Å². The highest BCUT2D eigenvalue weighted by molar-refractivity contribution is 5.97. The van der Waals surface area contributed by atoms with Crippen molar-refractivity contribution in [2.45, 2.75) is 45.4 Å². The van der Waals surface area contributed by atoms with E-state index in [2.05, 4.69) is 16.0 Å². The molecule has 0 saturated carbocycles. The summed E-state index contributed by atoms with van der Waals surface area (Å²) in [6.45, 7) is 3.83. The van der Waals surface area contributed by atoms with Gasteiger partial charge < -0.3 is 32.5 Å². The predicted octanol–water partition coefficient (Wildman–Crippen LogP) is 0.456. The topological polar surface area (TPSA) is 160 Å². The normalized spacial score (nSPS) is 12.5. The zero-order valence-electron chi connectivity index (χ0n) is 16.1. The fraction of sp³-hybridized carbons (Fsp3) is 0.500. The molecule has 0 aromatic heterocycles. The lowest BCUT2D eigenvalue weighted by Gasteiger charge is -2.22. The molecule has 9 nitrogen and oxygen atoms in total. The number of aliphatic hydroxyl groups is 1. The molecule has 0 spiro atoms. The van der Waals surface area contributed by atoms with E-state index < -0.39 is 29.9 Å². The molecule has 0 aliphatic heterocycles. The minimum Gasteiger partial charge on any atom is -0.392 e. The molecule has 2 atom stereocenters. The second-order valence-electron chi connectivity index (χ2n) is 6.61. The maximum absolute atomic E-state index is 12.6. The van der Waals surface area contributed by atoms with Gasteiger partial charge in [0.1, 0.15) is 6.04 Å². The summed E-state index contributed by atoms with van der Waals surface area (Å²) in [4.78, 5) is 35.6. The van der Waals surface area contributed by atoms with Gasteiger partial charge in [0.15, 0.2) is 0 Å². The molecule has 4 amide bonds. The summed E-state index contributed by atoms with van der Waals surface area (Å²) in [5.74, 6) is -0.880. The van der Waals surface area contributed by atoms with Crippen LogP contribution >= 0.6 is 12.4 Å². The Morgan fingerprint density at radius 1 is 1.11 bits per heavy atom. The van der Waals surface area contributed by atoms with Crippen molar-refractivity contribution in [1.29, 1.82) is 0 Å². The SMILES string of the molecule is CC(C)[C@H](N)C(=O)N[C@@H](CCCNC(N)=O)C(=O)Nc1ccc(CO)cc1.Cl. The van der Waals surface area contributed by atoms with Gasteiger partial charge in [-0.2, -0.15) is 0 Å². The summed E-state index contributed by atoms with van der Waals surface area (Å²) >= 11 is 0. The van der Waals surface area contributed by atoms with Crippen molar-refractivity contribution in [3.8, 4) is 0 Å². The first-order valence-corrected chi connectivity index (χ1v) is 8.84. The van der Waals surface area contributed by atoms with Crippen molar-refractivity contribution in [2.75, 3.05) is 11.9 Å². The molecular weight excluding hydrogens is 386 g/mol. The van der Waals surface area contributed by atoms with Crippen molar-refractivity contribution in [2.24, 2.45) is 17.4 Å². The minimum absolute atomic E-state index is 0. The van der Waals surface area contributed by atoms with Crippen LogP contribution in [0.5, 0.6) is 0 Å². The van der Waals surface area contributed by atoms with E-state index in [0.717, 1.165) is 5.56 Å². The lowest BCUT2D eigenvalue weighted by atomic mass is 10.0. The quantitative estimate of drug-likeness (QED) is 0.305. The first-order chi connectivity index (χ1) is 12.7. The Balaban J connectivity index is 0.00000729. The number of hydrogen-bond donors (Lipinski definition) is 6. The molecule has 0 aliphatic carbocycles. The van der Waals surface area contributed by atoms with Gasteiger partial charge >= 0.3 is 6.03 Å². The molecular formula is C18H30ClN5O4. The molecule has 10 heteroatoms. The number of rotatable bonds is 10. The number of amides is 4. The molecule has 0 aliphatic rings. The Bertz CT molecular complexity index is 639. The van der Waals surface area contributed by atoms with Gasteiger partial charge in [0, 0.05) is 12.2 Å². The van der Waals surface area contributed by atoms with Crippen molar-refractivity contribution in [1.82, 2.24) is 10.6 Å². The average molecular weight is 416 g/mol. The number of primary amides is 1. The van der Waals surface area contributed by atoms with E-state index in [4.69, 9.17) is 16.6 Å². The monoisotopic (exact) mass is 415 g/mol. The van der Waals surface area contributed by atoms with E-state index in [1.807, 2.05) is 13.8 Å². The molecule has 1 aromatic rings. The van der Waals surface area contributed by atoms with Crippen LogP contribution in [0.3, 0.4) is 0 Å². The summed E-state index contributed by atoms with van der Waals surface area (Å²) in [5.41, 5.74) is 12.1. The van der Waals surface area contributed by atoms with E-state index in [9.17, 15) is 14.4 Å². The minimum atomic E-state index is -0.811. The van der Waals surface area contributed by atoms with Crippen LogP contribution in [0, 0.1) is 5.92 Å². The molecule has 0 heterocycles. The number of carbonyl (C=O) groups excluding carboxylic acids is 3. The second-order valence-corrected chi connectivity index (χ2v) is 6.61. The molecule has 158 valence electrons. The smallest absolute Gasteiger partial charge is 0.312 e. The van der Waals surface area contributed by atoms with Crippen LogP contribution in [-0.2, 0) is 16.2 Å². The van der Waals surface area contributed by atoms with Gasteiger partial charge in [0.25, 0.3) is 0 Å². The molecule has 0 saturated heterocycles. The summed E-state index contributed by atoms with van der Waals surface area (Å²) in [6.07, 6.45) is 0.749. The van der Waals surface area contributed by atoms with Gasteiger partial charge in [0.2, 0.25) is 11.8 Å². The van der Waals surface area contributed by atoms with Gasteiger partial charge in [-0.3, -0.25) is 9.59 Å². The third kappa shape index (κ3) is 9.03. The highest BCUT2D eigenvalue weighted by atomic mass is 35.5. The highest BCUT2D eigenvalue weighted by Gasteiger charge is 2.25. The Hall–Kier alpha value is -2.36.